The minimum atomic E-state index is 0.887. The molecule has 1 fully saturated rings. The average Bonchev–Trinajstić information content (AvgIpc) is 2.32. The molecule has 17 heavy (non-hydrogen) atoms. The van der Waals surface area contributed by atoms with Crippen LogP contribution in [0, 0.1) is 11.8 Å². The molecule has 2 atom stereocenters. The molecule has 1 nitrogen and oxygen atoms in total. The van der Waals surface area contributed by atoms with Gasteiger partial charge in [0.05, 0.1) is 0 Å². The van der Waals surface area contributed by atoms with Crippen LogP contribution in [0.25, 0.3) is 0 Å². The third-order valence-corrected chi connectivity index (χ3v) is 4.62. The molecule has 0 radical (unpaired) electrons. The van der Waals surface area contributed by atoms with Crippen molar-refractivity contribution in [2.75, 3.05) is 13.1 Å². The van der Waals surface area contributed by atoms with E-state index in [1.807, 2.05) is 0 Å². The Balaban J connectivity index is 1.81. The highest BCUT2D eigenvalue weighted by Gasteiger charge is 2.30. The van der Waals surface area contributed by atoms with Crippen molar-refractivity contribution in [1.29, 1.82) is 0 Å². The van der Waals surface area contributed by atoms with Gasteiger partial charge in [0.25, 0.3) is 0 Å². The average molecular weight is 296 g/mol. The zero-order valence-corrected chi connectivity index (χ0v) is 12.2. The van der Waals surface area contributed by atoms with Gasteiger partial charge in [0.2, 0.25) is 0 Å². The lowest BCUT2D eigenvalue weighted by molar-refractivity contribution is 0.171. The van der Waals surface area contributed by atoms with Crippen LogP contribution < -0.4 is 5.32 Å². The van der Waals surface area contributed by atoms with E-state index in [-0.39, 0.29) is 0 Å². The van der Waals surface area contributed by atoms with Gasteiger partial charge < -0.3 is 5.32 Å². The highest BCUT2D eigenvalue weighted by molar-refractivity contribution is 9.10. The first-order chi connectivity index (χ1) is 8.31. The molecule has 0 amide bonds. The van der Waals surface area contributed by atoms with Crippen molar-refractivity contribution in [2.24, 2.45) is 11.8 Å². The van der Waals surface area contributed by atoms with Gasteiger partial charge in [0.1, 0.15) is 0 Å². The van der Waals surface area contributed by atoms with Gasteiger partial charge in [-0.05, 0) is 62.2 Å². The van der Waals surface area contributed by atoms with E-state index in [0.29, 0.717) is 0 Å². The molecule has 0 bridgehead atoms. The molecule has 2 unspecified atom stereocenters. The third kappa shape index (κ3) is 3.56. The van der Waals surface area contributed by atoms with Crippen LogP contribution in [0.1, 0.15) is 31.7 Å². The fourth-order valence-corrected chi connectivity index (χ4v) is 3.03. The Morgan fingerprint density at radius 1 is 1.24 bits per heavy atom. The first-order valence-electron chi connectivity index (χ1n) is 6.75. The summed E-state index contributed by atoms with van der Waals surface area (Å²) in [4.78, 5) is 0. The highest BCUT2D eigenvalue weighted by atomic mass is 79.9. The van der Waals surface area contributed by atoms with Gasteiger partial charge in [-0.15, -0.1) is 0 Å². The first-order valence-corrected chi connectivity index (χ1v) is 7.54. The molecule has 0 heterocycles. The van der Waals surface area contributed by atoms with Crippen molar-refractivity contribution in [1.82, 2.24) is 5.32 Å². The summed E-state index contributed by atoms with van der Waals surface area (Å²) in [5.41, 5.74) is 1.47. The van der Waals surface area contributed by atoms with Gasteiger partial charge in [-0.2, -0.15) is 0 Å². The molecule has 0 saturated heterocycles. The summed E-state index contributed by atoms with van der Waals surface area (Å²) < 4.78 is 1.27. The van der Waals surface area contributed by atoms with Crippen LogP contribution in [0.15, 0.2) is 28.7 Å². The molecule has 2 heteroatoms. The van der Waals surface area contributed by atoms with Crippen LogP contribution in [-0.2, 0) is 6.42 Å². The number of halogens is 1. The third-order valence-electron chi connectivity index (χ3n) is 3.85. The Bertz CT molecular complexity index is 351. The summed E-state index contributed by atoms with van der Waals surface area (Å²) >= 11 is 3.65. The zero-order chi connectivity index (χ0) is 12.1. The second-order valence-electron chi connectivity index (χ2n) is 5.10. The maximum absolute atomic E-state index is 3.65. The van der Waals surface area contributed by atoms with Crippen LogP contribution in [0.3, 0.4) is 0 Å². The summed E-state index contributed by atoms with van der Waals surface area (Å²) in [5, 5.41) is 3.56. The summed E-state index contributed by atoms with van der Waals surface area (Å²) in [6.07, 6.45) is 5.28. The molecule has 1 aliphatic rings. The topological polar surface area (TPSA) is 12.0 Å². The van der Waals surface area contributed by atoms with Crippen LogP contribution in [-0.4, -0.2) is 13.1 Å². The van der Waals surface area contributed by atoms with E-state index in [1.165, 1.54) is 42.3 Å². The normalized spacial score (nSPS) is 23.4. The fourth-order valence-electron chi connectivity index (χ4n) is 2.59. The summed E-state index contributed by atoms with van der Waals surface area (Å²) in [5.74, 6) is 1.78. The van der Waals surface area contributed by atoms with Crippen molar-refractivity contribution < 1.29 is 0 Å². The Morgan fingerprint density at radius 3 is 2.65 bits per heavy atom. The van der Waals surface area contributed by atoms with E-state index in [0.717, 1.165) is 18.4 Å². The van der Waals surface area contributed by atoms with E-state index in [1.54, 1.807) is 0 Å². The van der Waals surface area contributed by atoms with Crippen molar-refractivity contribution in [3.63, 3.8) is 0 Å². The molecule has 1 saturated carbocycles. The lowest BCUT2D eigenvalue weighted by atomic mass is 9.70. The molecular weight excluding hydrogens is 274 g/mol. The second kappa shape index (κ2) is 6.55. The number of nitrogens with one attached hydrogen (secondary N) is 1. The van der Waals surface area contributed by atoms with E-state index in [2.05, 4.69) is 52.4 Å². The summed E-state index contributed by atoms with van der Waals surface area (Å²) in [6.45, 7) is 4.60. The highest BCUT2D eigenvalue weighted by Crippen LogP contribution is 2.37. The summed E-state index contributed by atoms with van der Waals surface area (Å²) in [7, 11) is 0. The van der Waals surface area contributed by atoms with E-state index >= 15 is 0 Å². The lowest BCUT2D eigenvalue weighted by Crippen LogP contribution is -2.36. The van der Waals surface area contributed by atoms with Gasteiger partial charge in [0, 0.05) is 4.47 Å². The molecule has 1 aromatic rings. The molecule has 1 aromatic carbocycles. The largest absolute Gasteiger partial charge is 0.316 e. The van der Waals surface area contributed by atoms with E-state index in [9.17, 15) is 0 Å². The SMILES string of the molecule is CCCNCC1CCC1Cc1ccccc1Br. The zero-order valence-electron chi connectivity index (χ0n) is 10.6. The molecule has 1 aliphatic carbocycles. The van der Waals surface area contributed by atoms with Crippen LogP contribution >= 0.6 is 15.9 Å². The van der Waals surface area contributed by atoms with Gasteiger partial charge >= 0.3 is 0 Å². The quantitative estimate of drug-likeness (QED) is 0.782. The Kier molecular flexibility index (Phi) is 5.05. The van der Waals surface area contributed by atoms with Crippen molar-refractivity contribution in [3.05, 3.63) is 34.3 Å². The Morgan fingerprint density at radius 2 is 2.00 bits per heavy atom. The fraction of sp³-hybridized carbons (Fsp3) is 0.600. The number of hydrogen-bond donors (Lipinski definition) is 1. The van der Waals surface area contributed by atoms with E-state index < -0.39 is 0 Å². The Labute approximate surface area is 113 Å². The minimum Gasteiger partial charge on any atom is -0.316 e. The lowest BCUT2D eigenvalue weighted by Gasteiger charge is -2.37. The number of hydrogen-bond acceptors (Lipinski definition) is 1. The molecule has 0 aliphatic heterocycles. The molecule has 2 rings (SSSR count). The van der Waals surface area contributed by atoms with Gasteiger partial charge in [-0.3, -0.25) is 0 Å². The summed E-state index contributed by atoms with van der Waals surface area (Å²) in [6, 6.07) is 8.63. The molecule has 0 aromatic heterocycles. The monoisotopic (exact) mass is 295 g/mol. The second-order valence-corrected chi connectivity index (χ2v) is 5.95. The van der Waals surface area contributed by atoms with Crippen LogP contribution in [0.5, 0.6) is 0 Å². The van der Waals surface area contributed by atoms with Gasteiger partial charge in [0.15, 0.2) is 0 Å². The smallest absolute Gasteiger partial charge is 0.0207 e. The first kappa shape index (κ1) is 13.1. The molecule has 0 spiro atoms. The maximum atomic E-state index is 3.65. The van der Waals surface area contributed by atoms with Crippen molar-refractivity contribution >= 4 is 15.9 Å². The predicted octanol–water partition coefficient (Wildman–Crippen LogP) is 4.02. The predicted molar refractivity (Wildman–Crippen MR) is 77.2 cm³/mol. The minimum absolute atomic E-state index is 0.887. The molecule has 94 valence electrons. The maximum Gasteiger partial charge on any atom is 0.0207 e. The molecule has 1 N–H and O–H groups in total. The van der Waals surface area contributed by atoms with Gasteiger partial charge in [-0.25, -0.2) is 0 Å². The molecular formula is C15H22BrN. The number of benzene rings is 1. The van der Waals surface area contributed by atoms with Crippen LogP contribution in [0.4, 0.5) is 0 Å². The van der Waals surface area contributed by atoms with Crippen LogP contribution in [0.2, 0.25) is 0 Å². The standard InChI is InChI=1S/C15H22BrN/c1-2-9-17-11-14-8-7-12(14)10-13-5-3-4-6-15(13)16/h3-6,12,14,17H,2,7-11H2,1H3. The van der Waals surface area contributed by atoms with E-state index in [4.69, 9.17) is 0 Å². The number of rotatable bonds is 6. The van der Waals surface area contributed by atoms with Crippen molar-refractivity contribution in [3.8, 4) is 0 Å². The van der Waals surface area contributed by atoms with Gasteiger partial charge in [-0.1, -0.05) is 41.1 Å². The Hall–Kier alpha value is -0.340. The van der Waals surface area contributed by atoms with Crippen molar-refractivity contribution in [2.45, 2.75) is 32.6 Å².